The highest BCUT2D eigenvalue weighted by molar-refractivity contribution is 6.34. The number of halogens is 7. The molecule has 0 aliphatic rings. The van der Waals surface area contributed by atoms with E-state index in [0.717, 1.165) is 10.6 Å². The summed E-state index contributed by atoms with van der Waals surface area (Å²) in [5.74, 6) is -4.29. The summed E-state index contributed by atoms with van der Waals surface area (Å²) in [6.07, 6.45) is 0. The minimum atomic E-state index is -1.21. The van der Waals surface area contributed by atoms with Crippen molar-refractivity contribution in [3.05, 3.63) is 69.1 Å². The van der Waals surface area contributed by atoms with Crippen molar-refractivity contribution in [3.8, 4) is 16.9 Å². The summed E-state index contributed by atoms with van der Waals surface area (Å²) in [5, 5.41) is -0.749. The van der Waals surface area contributed by atoms with Crippen LogP contribution in [0.25, 0.3) is 16.9 Å². The number of benzene rings is 2. The monoisotopic (exact) mass is 394 g/mol. The van der Waals surface area contributed by atoms with Crippen LogP contribution in [-0.4, -0.2) is 9.55 Å². The van der Waals surface area contributed by atoms with Gasteiger partial charge in [-0.05, 0) is 29.8 Å². The first-order chi connectivity index (χ1) is 11.3. The van der Waals surface area contributed by atoms with Gasteiger partial charge in [-0.1, -0.05) is 23.2 Å². The van der Waals surface area contributed by atoms with Crippen molar-refractivity contribution < 1.29 is 17.6 Å². The molecule has 0 bridgehead atoms. The Morgan fingerprint density at radius 1 is 0.833 bits per heavy atom. The molecular formula is C15H5Cl3F4N2. The molecule has 3 aromatic rings. The van der Waals surface area contributed by atoms with E-state index in [4.69, 9.17) is 34.8 Å². The third kappa shape index (κ3) is 2.85. The van der Waals surface area contributed by atoms with Crippen molar-refractivity contribution in [1.82, 2.24) is 9.55 Å². The highest BCUT2D eigenvalue weighted by Crippen LogP contribution is 2.37. The Hall–Kier alpha value is -1.76. The van der Waals surface area contributed by atoms with Gasteiger partial charge >= 0.3 is 0 Å². The molecule has 0 saturated heterocycles. The Kier molecular flexibility index (Phi) is 4.46. The van der Waals surface area contributed by atoms with E-state index in [0.29, 0.717) is 12.1 Å². The van der Waals surface area contributed by atoms with Crippen LogP contribution in [-0.2, 0) is 0 Å². The maximum absolute atomic E-state index is 14.1. The lowest BCUT2D eigenvalue weighted by Crippen LogP contribution is -2.02. The molecule has 0 radical (unpaired) electrons. The van der Waals surface area contributed by atoms with E-state index in [1.54, 1.807) is 0 Å². The van der Waals surface area contributed by atoms with Crippen LogP contribution in [0, 0.1) is 23.3 Å². The number of nitrogens with zero attached hydrogens (tertiary/aromatic N) is 2. The zero-order valence-corrected chi connectivity index (χ0v) is 13.7. The molecule has 2 nitrogen and oxygen atoms in total. The van der Waals surface area contributed by atoms with Gasteiger partial charge in [0.1, 0.15) is 23.3 Å². The van der Waals surface area contributed by atoms with Gasteiger partial charge in [0.15, 0.2) is 5.15 Å². The molecule has 0 fully saturated rings. The zero-order chi connectivity index (χ0) is 17.6. The Morgan fingerprint density at radius 3 is 2.04 bits per heavy atom. The van der Waals surface area contributed by atoms with Crippen LogP contribution in [0.5, 0.6) is 0 Å². The average Bonchev–Trinajstić information content (AvgIpc) is 2.76. The average molecular weight is 396 g/mol. The summed E-state index contributed by atoms with van der Waals surface area (Å²) in [5.41, 5.74) is -0.839. The van der Waals surface area contributed by atoms with E-state index in [-0.39, 0.29) is 26.8 Å². The second-order valence-corrected chi connectivity index (χ2v) is 5.80. The third-order valence-corrected chi connectivity index (χ3v) is 4.02. The van der Waals surface area contributed by atoms with Crippen LogP contribution >= 0.6 is 34.8 Å². The van der Waals surface area contributed by atoms with Gasteiger partial charge in [0.05, 0.1) is 22.0 Å². The molecule has 1 heterocycles. The van der Waals surface area contributed by atoms with E-state index in [1.165, 1.54) is 12.1 Å². The Balaban J connectivity index is 2.33. The van der Waals surface area contributed by atoms with E-state index in [1.807, 2.05) is 0 Å². The second kappa shape index (κ2) is 6.27. The fourth-order valence-electron chi connectivity index (χ4n) is 2.21. The van der Waals surface area contributed by atoms with E-state index < -0.39 is 28.8 Å². The quantitative estimate of drug-likeness (QED) is 0.483. The molecule has 0 N–H and O–H groups in total. The van der Waals surface area contributed by atoms with Crippen molar-refractivity contribution in [2.75, 3.05) is 0 Å². The van der Waals surface area contributed by atoms with Crippen LogP contribution in [0.4, 0.5) is 17.6 Å². The van der Waals surface area contributed by atoms with Crippen molar-refractivity contribution in [1.29, 1.82) is 0 Å². The molecule has 0 atom stereocenters. The minimum Gasteiger partial charge on any atom is -0.281 e. The first-order valence-corrected chi connectivity index (χ1v) is 7.47. The van der Waals surface area contributed by atoms with Gasteiger partial charge in [-0.15, -0.1) is 0 Å². The Bertz CT molecular complexity index is 933. The predicted octanol–water partition coefficient (Wildman–Crippen LogP) is 6.06. The van der Waals surface area contributed by atoms with Gasteiger partial charge in [0.25, 0.3) is 0 Å². The number of hydrogen-bond donors (Lipinski definition) is 0. The predicted molar refractivity (Wildman–Crippen MR) is 83.9 cm³/mol. The van der Waals surface area contributed by atoms with E-state index in [2.05, 4.69) is 4.98 Å². The molecule has 0 unspecified atom stereocenters. The molecule has 2 aromatic carbocycles. The van der Waals surface area contributed by atoms with Crippen molar-refractivity contribution in [2.45, 2.75) is 0 Å². The topological polar surface area (TPSA) is 17.8 Å². The first kappa shape index (κ1) is 17.1. The summed E-state index contributed by atoms with van der Waals surface area (Å²) >= 11 is 17.5. The summed E-state index contributed by atoms with van der Waals surface area (Å²) in [6.45, 7) is 0. The number of aromatic nitrogens is 2. The number of imidazole rings is 1. The molecule has 1 aromatic heterocycles. The van der Waals surface area contributed by atoms with Crippen molar-refractivity contribution in [2.24, 2.45) is 0 Å². The van der Waals surface area contributed by atoms with Gasteiger partial charge in [-0.25, -0.2) is 22.5 Å². The maximum Gasteiger partial charge on any atom is 0.209 e. The summed E-state index contributed by atoms with van der Waals surface area (Å²) < 4.78 is 56.1. The zero-order valence-electron chi connectivity index (χ0n) is 11.4. The van der Waals surface area contributed by atoms with Crippen molar-refractivity contribution >= 4 is 34.8 Å². The normalized spacial score (nSPS) is 11.1. The molecule has 0 spiro atoms. The lowest BCUT2D eigenvalue weighted by Gasteiger charge is -2.12. The van der Waals surface area contributed by atoms with Crippen LogP contribution in [0.1, 0.15) is 0 Å². The Morgan fingerprint density at radius 2 is 1.46 bits per heavy atom. The van der Waals surface area contributed by atoms with Gasteiger partial charge in [-0.2, -0.15) is 0 Å². The first-order valence-electron chi connectivity index (χ1n) is 6.33. The molecule has 124 valence electrons. The molecular weight excluding hydrogens is 391 g/mol. The Labute approximate surface area is 148 Å². The van der Waals surface area contributed by atoms with E-state index >= 15 is 0 Å². The molecule has 9 heteroatoms. The number of hydrogen-bond acceptors (Lipinski definition) is 1. The standard InChI is InChI=1S/C15H5Cl3F4N2/c16-8-2-1-7(5-9(8)20)24-13(14(17)23-15(24)18)12-10(21)3-6(19)4-11(12)22/h1-5H. The third-order valence-electron chi connectivity index (χ3n) is 3.20. The second-order valence-electron chi connectivity index (χ2n) is 4.70. The van der Waals surface area contributed by atoms with Gasteiger partial charge in [-0.3, -0.25) is 4.57 Å². The fraction of sp³-hybridized carbons (Fsp3) is 0. The highest BCUT2D eigenvalue weighted by atomic mass is 35.5. The summed E-state index contributed by atoms with van der Waals surface area (Å²) in [4.78, 5) is 3.73. The number of rotatable bonds is 2. The fourth-order valence-corrected chi connectivity index (χ4v) is 2.90. The molecule has 0 aliphatic heterocycles. The highest BCUT2D eigenvalue weighted by Gasteiger charge is 2.24. The summed E-state index contributed by atoms with van der Waals surface area (Å²) in [6, 6.07) is 4.57. The van der Waals surface area contributed by atoms with Crippen molar-refractivity contribution in [3.63, 3.8) is 0 Å². The molecule has 0 aliphatic carbocycles. The van der Waals surface area contributed by atoms with Crippen LogP contribution in [0.15, 0.2) is 30.3 Å². The molecule has 3 rings (SSSR count). The van der Waals surface area contributed by atoms with Gasteiger partial charge < -0.3 is 0 Å². The van der Waals surface area contributed by atoms with Crippen LogP contribution in [0.2, 0.25) is 15.5 Å². The minimum absolute atomic E-state index is 0.0828. The molecule has 24 heavy (non-hydrogen) atoms. The summed E-state index contributed by atoms with van der Waals surface area (Å²) in [7, 11) is 0. The largest absolute Gasteiger partial charge is 0.281 e. The smallest absolute Gasteiger partial charge is 0.209 e. The molecule has 0 amide bonds. The maximum atomic E-state index is 14.1. The SMILES string of the molecule is Fc1cc(F)c(-c2c(Cl)nc(Cl)n2-c2ccc(Cl)c(F)c2)c(F)c1. The van der Waals surface area contributed by atoms with E-state index in [9.17, 15) is 17.6 Å². The van der Waals surface area contributed by atoms with Gasteiger partial charge in [0, 0.05) is 12.1 Å². The van der Waals surface area contributed by atoms with Gasteiger partial charge in [0.2, 0.25) is 5.28 Å². The molecule has 0 saturated carbocycles. The lowest BCUT2D eigenvalue weighted by molar-refractivity contribution is 0.547. The lowest BCUT2D eigenvalue weighted by atomic mass is 10.1. The van der Waals surface area contributed by atoms with Crippen LogP contribution < -0.4 is 0 Å². The van der Waals surface area contributed by atoms with Crippen LogP contribution in [0.3, 0.4) is 0 Å².